The first-order valence-corrected chi connectivity index (χ1v) is 16.1. The Bertz CT molecular complexity index is 770. The molecule has 0 aliphatic carbocycles. The first-order chi connectivity index (χ1) is 11.3. The molecule has 0 heterocycles. The van der Waals surface area contributed by atoms with Gasteiger partial charge in [-0.2, -0.15) is 22.2 Å². The monoisotopic (exact) mass is 390 g/mol. The molecule has 0 radical (unpaired) electrons. The molecule has 0 N–H and O–H groups in total. The van der Waals surface area contributed by atoms with Gasteiger partial charge >= 0.3 is 0 Å². The van der Waals surface area contributed by atoms with Crippen molar-refractivity contribution in [3.8, 4) is 0 Å². The van der Waals surface area contributed by atoms with Crippen molar-refractivity contribution in [2.45, 2.75) is 39.0 Å². The Morgan fingerprint density at radius 1 is 0.625 bits per heavy atom. The molecule has 2 atom stereocenters. The lowest BCUT2D eigenvalue weighted by atomic mass is 10.0. The van der Waals surface area contributed by atoms with E-state index in [1.807, 2.05) is 0 Å². The van der Waals surface area contributed by atoms with Gasteiger partial charge in [-0.05, 0) is 44.0 Å². The minimum atomic E-state index is -2.03. The number of fused-ring (bicyclic) bond motifs is 2. The molecule has 0 saturated carbocycles. The van der Waals surface area contributed by atoms with Crippen molar-refractivity contribution in [3.05, 3.63) is 48.5 Å². The van der Waals surface area contributed by atoms with E-state index in [0.717, 1.165) is 12.1 Å². The van der Waals surface area contributed by atoms with Crippen LogP contribution in [0.1, 0.15) is 13.8 Å². The minimum Gasteiger partial charge on any atom is -0.161 e. The summed E-state index contributed by atoms with van der Waals surface area (Å²) in [6.07, 6.45) is 0. The summed E-state index contributed by atoms with van der Waals surface area (Å²) in [6.45, 7) is 8.95. The molecular formula is C20H24Cl2Si2. The van der Waals surface area contributed by atoms with Crippen molar-refractivity contribution >= 4 is 68.8 Å². The first-order valence-electron chi connectivity index (χ1n) is 8.65. The van der Waals surface area contributed by atoms with E-state index in [9.17, 15) is 0 Å². The van der Waals surface area contributed by atoms with E-state index < -0.39 is 14.8 Å². The van der Waals surface area contributed by atoms with Gasteiger partial charge in [-0.15, -0.1) is 0 Å². The van der Waals surface area contributed by atoms with Crippen molar-refractivity contribution in [2.24, 2.45) is 0 Å². The van der Waals surface area contributed by atoms with Gasteiger partial charge in [0.15, 0.2) is 14.8 Å². The van der Waals surface area contributed by atoms with Crippen LogP contribution in [-0.4, -0.2) is 14.8 Å². The smallest absolute Gasteiger partial charge is 0.161 e. The van der Waals surface area contributed by atoms with Crippen LogP contribution in [0.25, 0.3) is 21.5 Å². The Labute approximate surface area is 156 Å². The van der Waals surface area contributed by atoms with E-state index in [-0.39, 0.29) is 0 Å². The van der Waals surface area contributed by atoms with Gasteiger partial charge in [-0.1, -0.05) is 75.5 Å². The lowest BCUT2D eigenvalue weighted by Crippen LogP contribution is -2.44. The Balaban J connectivity index is 2.62. The summed E-state index contributed by atoms with van der Waals surface area (Å²) in [7, 11) is -4.06. The topological polar surface area (TPSA) is 0 Å². The molecule has 4 heteroatoms. The number of benzene rings is 3. The molecule has 24 heavy (non-hydrogen) atoms. The fourth-order valence-electron chi connectivity index (χ4n) is 3.61. The molecule has 2 unspecified atom stereocenters. The minimum absolute atomic E-state index is 1.02. The molecule has 3 rings (SSSR count). The summed E-state index contributed by atoms with van der Waals surface area (Å²) in [4.78, 5) is 0. The average Bonchev–Trinajstić information content (AvgIpc) is 2.58. The molecule has 0 bridgehead atoms. The molecular weight excluding hydrogens is 367 g/mol. The summed E-state index contributed by atoms with van der Waals surface area (Å²) in [5.41, 5.74) is 0. The van der Waals surface area contributed by atoms with Crippen LogP contribution in [0.4, 0.5) is 0 Å². The molecule has 3 aromatic carbocycles. The van der Waals surface area contributed by atoms with E-state index in [1.165, 1.54) is 31.9 Å². The Kier molecular flexibility index (Phi) is 4.87. The number of rotatable bonds is 4. The first kappa shape index (κ1) is 18.0. The van der Waals surface area contributed by atoms with Crippen molar-refractivity contribution < 1.29 is 0 Å². The van der Waals surface area contributed by atoms with Gasteiger partial charge in [-0.25, -0.2) is 0 Å². The van der Waals surface area contributed by atoms with E-state index in [1.54, 1.807) is 0 Å². The van der Waals surface area contributed by atoms with Crippen LogP contribution in [0, 0.1) is 0 Å². The normalized spacial score (nSPS) is 16.9. The Morgan fingerprint density at radius 3 is 1.08 bits per heavy atom. The summed E-state index contributed by atoms with van der Waals surface area (Å²) in [5, 5.41) is 7.99. The molecule has 0 fully saturated rings. The third-order valence-corrected chi connectivity index (χ3v) is 13.9. The summed E-state index contributed by atoms with van der Waals surface area (Å²) < 4.78 is 0. The van der Waals surface area contributed by atoms with Gasteiger partial charge in [0, 0.05) is 0 Å². The molecule has 0 aliphatic rings. The lowest BCUT2D eigenvalue weighted by Gasteiger charge is -2.28. The second kappa shape index (κ2) is 6.49. The van der Waals surface area contributed by atoms with Crippen molar-refractivity contribution in [2.75, 3.05) is 0 Å². The molecule has 126 valence electrons. The Morgan fingerprint density at radius 2 is 0.875 bits per heavy atom. The summed E-state index contributed by atoms with van der Waals surface area (Å²) >= 11 is 14.2. The van der Waals surface area contributed by atoms with Crippen LogP contribution >= 0.6 is 22.2 Å². The second-order valence-electron chi connectivity index (χ2n) is 6.94. The molecule has 0 nitrogen and oxygen atoms in total. The average molecular weight is 391 g/mol. The third-order valence-electron chi connectivity index (χ3n) is 5.30. The molecule has 3 aromatic rings. The zero-order valence-electron chi connectivity index (χ0n) is 14.8. The van der Waals surface area contributed by atoms with Crippen molar-refractivity contribution in [1.29, 1.82) is 0 Å². The second-order valence-corrected chi connectivity index (χ2v) is 19.2. The largest absolute Gasteiger partial charge is 0.184 e. The summed E-state index contributed by atoms with van der Waals surface area (Å²) in [5.74, 6) is 0. The summed E-state index contributed by atoms with van der Waals surface area (Å²) in [6, 6.07) is 19.5. The van der Waals surface area contributed by atoms with Gasteiger partial charge in [0.1, 0.15) is 0 Å². The van der Waals surface area contributed by atoms with Crippen LogP contribution in [0.3, 0.4) is 0 Å². The van der Waals surface area contributed by atoms with Crippen molar-refractivity contribution in [3.63, 3.8) is 0 Å². The predicted molar refractivity (Wildman–Crippen MR) is 117 cm³/mol. The molecule has 0 amide bonds. The Hall–Kier alpha value is -0.806. The zero-order chi connectivity index (χ0) is 17.5. The van der Waals surface area contributed by atoms with Gasteiger partial charge in [-0.3, -0.25) is 0 Å². The van der Waals surface area contributed by atoms with Crippen LogP contribution in [0.5, 0.6) is 0 Å². The highest BCUT2D eigenvalue weighted by Gasteiger charge is 2.34. The van der Waals surface area contributed by atoms with Crippen molar-refractivity contribution in [1.82, 2.24) is 0 Å². The SMILES string of the molecule is CC[Si](C)(Cl)c1c2ccccc2c([Si](C)(Cl)CC)c2ccccc12. The highest BCUT2D eigenvalue weighted by Crippen LogP contribution is 2.30. The highest BCUT2D eigenvalue weighted by atomic mass is 35.6. The number of hydrogen-bond donors (Lipinski definition) is 0. The van der Waals surface area contributed by atoms with Gasteiger partial charge in [0.2, 0.25) is 0 Å². The van der Waals surface area contributed by atoms with Gasteiger partial charge in [0.25, 0.3) is 0 Å². The van der Waals surface area contributed by atoms with E-state index in [2.05, 4.69) is 75.5 Å². The van der Waals surface area contributed by atoms with Crippen LogP contribution < -0.4 is 10.4 Å². The van der Waals surface area contributed by atoms with Crippen LogP contribution in [-0.2, 0) is 0 Å². The molecule has 0 spiro atoms. The number of hydrogen-bond acceptors (Lipinski definition) is 0. The third kappa shape index (κ3) is 2.84. The standard InChI is InChI=1S/C20H24Cl2Si2/c1-5-23(3,21)19-15-11-7-9-13-17(15)20(24(4,22)6-2)18-14-10-8-12-16(18)19/h7-14H,5-6H2,1-4H3. The van der Waals surface area contributed by atoms with E-state index >= 15 is 0 Å². The van der Waals surface area contributed by atoms with E-state index in [4.69, 9.17) is 22.2 Å². The zero-order valence-corrected chi connectivity index (χ0v) is 18.3. The highest BCUT2D eigenvalue weighted by molar-refractivity contribution is 7.29. The van der Waals surface area contributed by atoms with Crippen LogP contribution in [0.15, 0.2) is 48.5 Å². The lowest BCUT2D eigenvalue weighted by molar-refractivity contribution is 1.41. The maximum absolute atomic E-state index is 7.12. The quantitative estimate of drug-likeness (QED) is 0.287. The maximum atomic E-state index is 7.12. The van der Waals surface area contributed by atoms with Gasteiger partial charge < -0.3 is 0 Å². The fraction of sp³-hybridized carbons (Fsp3) is 0.300. The van der Waals surface area contributed by atoms with Gasteiger partial charge in [0.05, 0.1) is 0 Å². The van der Waals surface area contributed by atoms with Crippen LogP contribution in [0.2, 0.25) is 25.2 Å². The fourth-order valence-corrected chi connectivity index (χ4v) is 8.65. The molecule has 0 aliphatic heterocycles. The maximum Gasteiger partial charge on any atom is 0.184 e. The number of halogens is 2. The predicted octanol–water partition coefficient (Wildman–Crippen LogP) is 6.08. The van der Waals surface area contributed by atoms with E-state index in [0.29, 0.717) is 0 Å². The molecule has 0 saturated heterocycles. The molecule has 0 aromatic heterocycles.